The van der Waals surface area contributed by atoms with Crippen LogP contribution in [-0.2, 0) is 19.1 Å². The van der Waals surface area contributed by atoms with Crippen molar-refractivity contribution in [2.75, 3.05) is 31.2 Å². The van der Waals surface area contributed by atoms with Gasteiger partial charge in [0.05, 0.1) is 29.8 Å². The van der Waals surface area contributed by atoms with Gasteiger partial charge in [-0.1, -0.05) is 58.4 Å². The molecule has 200 valence electrons. The lowest BCUT2D eigenvalue weighted by Crippen LogP contribution is -2.56. The zero-order valence-corrected chi connectivity index (χ0v) is 23.4. The summed E-state index contributed by atoms with van der Waals surface area (Å²) in [7, 11) is 0. The predicted molar refractivity (Wildman–Crippen MR) is 153 cm³/mol. The molecule has 2 aromatic carbocycles. The molecule has 3 fully saturated rings. The van der Waals surface area contributed by atoms with Crippen molar-refractivity contribution in [1.29, 1.82) is 0 Å². The number of alkyl halides is 1. The van der Waals surface area contributed by atoms with Gasteiger partial charge in [-0.2, -0.15) is 0 Å². The molecule has 3 aliphatic heterocycles. The van der Waals surface area contributed by atoms with Gasteiger partial charge < -0.3 is 19.6 Å². The Kier molecular flexibility index (Phi) is 7.71. The Morgan fingerprint density at radius 3 is 2.68 bits per heavy atom. The van der Waals surface area contributed by atoms with Gasteiger partial charge in [-0.15, -0.1) is 24.9 Å². The van der Waals surface area contributed by atoms with Crippen molar-refractivity contribution in [3.63, 3.8) is 0 Å². The van der Waals surface area contributed by atoms with Crippen molar-refractivity contribution in [3.8, 4) is 0 Å². The first-order valence-electron chi connectivity index (χ1n) is 12.8. The third-order valence-electron chi connectivity index (χ3n) is 7.82. The summed E-state index contributed by atoms with van der Waals surface area (Å²) in [5.41, 5.74) is 0.707. The second-order valence-corrected chi connectivity index (χ2v) is 12.6. The Morgan fingerprint density at radius 2 is 1.97 bits per heavy atom. The average Bonchev–Trinajstić information content (AvgIpc) is 3.50. The van der Waals surface area contributed by atoms with E-state index in [1.165, 1.54) is 4.90 Å². The van der Waals surface area contributed by atoms with Crippen LogP contribution in [-0.4, -0.2) is 75.0 Å². The number of hydrogen-bond donors (Lipinski definition) is 1. The molecule has 3 unspecified atom stereocenters. The number of ether oxygens (including phenoxy) is 1. The fourth-order valence-electron chi connectivity index (χ4n) is 6.31. The number of fused-ring (bicyclic) bond motifs is 2. The molecular weight excluding hydrogens is 568 g/mol. The number of amides is 2. The summed E-state index contributed by atoms with van der Waals surface area (Å²) in [6.07, 6.45) is 4.43. The minimum absolute atomic E-state index is 0.0174. The number of halogens is 1. The highest BCUT2D eigenvalue weighted by Gasteiger charge is 2.76. The van der Waals surface area contributed by atoms with Crippen LogP contribution in [0.3, 0.4) is 0 Å². The van der Waals surface area contributed by atoms with Crippen LogP contribution < -0.4 is 4.90 Å². The largest absolute Gasteiger partial charge is 0.465 e. The number of nitrogens with zero attached hydrogens (tertiary/aromatic N) is 2. The summed E-state index contributed by atoms with van der Waals surface area (Å²) in [6.45, 7) is 7.73. The number of thioether (sulfide) groups is 1. The van der Waals surface area contributed by atoms with Crippen LogP contribution in [0.1, 0.15) is 12.8 Å². The van der Waals surface area contributed by atoms with E-state index in [9.17, 15) is 19.5 Å². The normalized spacial score (nSPS) is 29.4. The van der Waals surface area contributed by atoms with Gasteiger partial charge in [-0.05, 0) is 35.7 Å². The zero-order valence-electron chi connectivity index (χ0n) is 21.0. The number of aliphatic hydroxyl groups is 1. The quantitative estimate of drug-likeness (QED) is 0.193. The third-order valence-corrected chi connectivity index (χ3v) is 11.0. The molecule has 0 radical (unpaired) electrons. The monoisotopic (exact) mass is 598 g/mol. The molecule has 2 aromatic rings. The number of likely N-dealkylation sites (tertiary alicyclic amines) is 1. The van der Waals surface area contributed by atoms with Crippen molar-refractivity contribution in [2.45, 2.75) is 33.7 Å². The van der Waals surface area contributed by atoms with E-state index in [-0.39, 0.29) is 48.2 Å². The van der Waals surface area contributed by atoms with E-state index in [0.717, 1.165) is 10.8 Å². The highest BCUT2D eigenvalue weighted by molar-refractivity contribution is 9.09. The molecule has 3 aliphatic rings. The van der Waals surface area contributed by atoms with Crippen LogP contribution in [0.4, 0.5) is 5.69 Å². The lowest BCUT2D eigenvalue weighted by molar-refractivity contribution is -0.154. The summed E-state index contributed by atoms with van der Waals surface area (Å²) in [5.74, 6) is -2.27. The topological polar surface area (TPSA) is 87.2 Å². The molecule has 1 spiro atoms. The van der Waals surface area contributed by atoms with Crippen LogP contribution >= 0.6 is 27.7 Å². The number of rotatable bonds is 10. The lowest BCUT2D eigenvalue weighted by atomic mass is 9.71. The summed E-state index contributed by atoms with van der Waals surface area (Å²) >= 11 is 5.30. The number of esters is 1. The van der Waals surface area contributed by atoms with Gasteiger partial charge in [0, 0.05) is 28.9 Å². The van der Waals surface area contributed by atoms with Crippen molar-refractivity contribution in [2.24, 2.45) is 11.8 Å². The third kappa shape index (κ3) is 4.28. The zero-order chi connectivity index (χ0) is 27.0. The number of carbonyl (C=O) groups is 3. The second kappa shape index (κ2) is 10.9. The van der Waals surface area contributed by atoms with E-state index in [0.29, 0.717) is 18.5 Å². The van der Waals surface area contributed by atoms with Gasteiger partial charge >= 0.3 is 5.97 Å². The van der Waals surface area contributed by atoms with Crippen molar-refractivity contribution in [3.05, 3.63) is 67.8 Å². The molecule has 5 rings (SSSR count). The number of β-amino-alcohol motifs (C(OH)–C–C–N with tert-alkyl or cyclic N) is 1. The van der Waals surface area contributed by atoms with Crippen molar-refractivity contribution >= 4 is 61.9 Å². The minimum Gasteiger partial charge on any atom is -0.465 e. The predicted octanol–water partition coefficient (Wildman–Crippen LogP) is 3.94. The molecule has 3 saturated heterocycles. The van der Waals surface area contributed by atoms with Crippen molar-refractivity contribution < 1.29 is 24.2 Å². The Morgan fingerprint density at radius 1 is 1.21 bits per heavy atom. The average molecular weight is 600 g/mol. The molecule has 2 bridgehead atoms. The van der Waals surface area contributed by atoms with Gasteiger partial charge in [-0.25, -0.2) is 0 Å². The first-order chi connectivity index (χ1) is 18.4. The van der Waals surface area contributed by atoms with Crippen LogP contribution in [0.2, 0.25) is 0 Å². The number of benzene rings is 2. The molecule has 6 atom stereocenters. The summed E-state index contributed by atoms with van der Waals surface area (Å²) in [4.78, 5) is 44.7. The van der Waals surface area contributed by atoms with Crippen LogP contribution in [0.5, 0.6) is 0 Å². The Bertz CT molecular complexity index is 1290. The molecule has 2 amide bonds. The van der Waals surface area contributed by atoms with E-state index in [2.05, 4.69) is 29.1 Å². The smallest absolute Gasteiger partial charge is 0.310 e. The van der Waals surface area contributed by atoms with E-state index < -0.39 is 28.6 Å². The number of hydrogen-bond acceptors (Lipinski definition) is 6. The highest BCUT2D eigenvalue weighted by atomic mass is 79.9. The Labute approximate surface area is 235 Å². The molecule has 0 aromatic heterocycles. The molecule has 7 nitrogen and oxygen atoms in total. The number of carbonyl (C=O) groups excluding carboxylic acids is 3. The molecule has 38 heavy (non-hydrogen) atoms. The highest BCUT2D eigenvalue weighted by Crippen LogP contribution is 2.68. The summed E-state index contributed by atoms with van der Waals surface area (Å²) in [5, 5.41) is 11.7. The summed E-state index contributed by atoms with van der Waals surface area (Å²) < 4.78 is 4.73. The van der Waals surface area contributed by atoms with E-state index in [1.54, 1.807) is 28.8 Å². The maximum Gasteiger partial charge on any atom is 0.310 e. The van der Waals surface area contributed by atoms with Crippen LogP contribution in [0, 0.1) is 11.8 Å². The number of anilines is 1. The van der Waals surface area contributed by atoms with Gasteiger partial charge in [0.25, 0.3) is 5.91 Å². The fraction of sp³-hybridized carbons (Fsp3) is 0.414. The maximum atomic E-state index is 14.5. The minimum atomic E-state index is -0.834. The van der Waals surface area contributed by atoms with Gasteiger partial charge in [0.1, 0.15) is 6.04 Å². The van der Waals surface area contributed by atoms with E-state index in [4.69, 9.17) is 4.74 Å². The molecule has 1 N–H and O–H groups in total. The van der Waals surface area contributed by atoms with Crippen LogP contribution in [0.15, 0.2) is 67.8 Å². The standard InChI is InChI=1S/C29H31BrN2O5S/c1-3-5-15-37-28(36)22-23-26(34)32(13-14-33)25(29(23)17-21(30)24(22)38-29)27(35)31(12-4-2)20-11-10-18-8-6-7-9-19(18)16-20/h3-4,6-11,16,21-25,33H,1-2,5,12-15,17H2/t21?,22-,23+,24-,25?,29?/m1/s1. The molecule has 0 saturated carbocycles. The van der Waals surface area contributed by atoms with Gasteiger partial charge in [-0.3, -0.25) is 14.4 Å². The van der Waals surface area contributed by atoms with Crippen molar-refractivity contribution in [1.82, 2.24) is 4.90 Å². The first kappa shape index (κ1) is 27.0. The molecular formula is C29H31BrN2O5S. The Balaban J connectivity index is 1.54. The van der Waals surface area contributed by atoms with Gasteiger partial charge in [0.15, 0.2) is 0 Å². The maximum absolute atomic E-state index is 14.5. The SMILES string of the molecule is C=CCCOC(=O)[C@H]1[C@@H]2SC3(CC2Br)C(C(=O)N(CC=C)c2ccc4ccccc4c2)N(CCO)C(=O)[C@H]13. The van der Waals surface area contributed by atoms with E-state index >= 15 is 0 Å². The fourth-order valence-corrected chi connectivity index (χ4v) is 9.90. The molecule has 0 aliphatic carbocycles. The molecule has 9 heteroatoms. The van der Waals surface area contributed by atoms with Crippen LogP contribution in [0.25, 0.3) is 10.8 Å². The number of aliphatic hydroxyl groups excluding tert-OH is 1. The Hall–Kier alpha value is -2.62. The van der Waals surface area contributed by atoms with E-state index in [1.807, 2.05) is 42.5 Å². The summed E-state index contributed by atoms with van der Waals surface area (Å²) in [6, 6.07) is 12.9. The first-order valence-corrected chi connectivity index (χ1v) is 14.6. The second-order valence-electron chi connectivity index (χ2n) is 9.93. The lowest BCUT2D eigenvalue weighted by Gasteiger charge is -2.37. The van der Waals surface area contributed by atoms with Gasteiger partial charge in [0.2, 0.25) is 5.91 Å². The molecule has 3 heterocycles.